The lowest BCUT2D eigenvalue weighted by molar-refractivity contribution is 0.568. The molecule has 0 aliphatic carbocycles. The molecule has 22 heavy (non-hydrogen) atoms. The molecule has 132 valence electrons. The number of thioether (sulfide) groups is 1. The van der Waals surface area contributed by atoms with Crippen LogP contribution in [0.1, 0.15) is 97.3 Å². The summed E-state index contributed by atoms with van der Waals surface area (Å²) in [7, 11) is 0. The maximum absolute atomic E-state index is 4.17. The van der Waals surface area contributed by atoms with Crippen molar-refractivity contribution in [1.82, 2.24) is 5.32 Å². The second-order valence-electron chi connectivity index (χ2n) is 6.54. The molecule has 0 bridgehead atoms. The van der Waals surface area contributed by atoms with Crippen molar-refractivity contribution in [2.45, 2.75) is 103 Å². The predicted molar refractivity (Wildman–Crippen MR) is 106 cm³/mol. The van der Waals surface area contributed by atoms with Gasteiger partial charge in [0.05, 0.1) is 0 Å². The van der Waals surface area contributed by atoms with Gasteiger partial charge in [-0.15, -0.1) is 0 Å². The van der Waals surface area contributed by atoms with Gasteiger partial charge in [0.2, 0.25) is 0 Å². The molecule has 1 N–H and O–H groups in total. The van der Waals surface area contributed by atoms with E-state index in [1.807, 2.05) is 11.8 Å². The monoisotopic (exact) mass is 327 g/mol. The molecule has 0 amide bonds. The van der Waals surface area contributed by atoms with Crippen LogP contribution in [0.3, 0.4) is 0 Å². The molecule has 0 spiro atoms. The van der Waals surface area contributed by atoms with Crippen LogP contribution in [0.5, 0.6) is 0 Å². The summed E-state index contributed by atoms with van der Waals surface area (Å²) < 4.78 is 0. The predicted octanol–water partition coefficient (Wildman–Crippen LogP) is 6.93. The molecule has 0 radical (unpaired) electrons. The highest BCUT2D eigenvalue weighted by atomic mass is 32.2. The van der Waals surface area contributed by atoms with Gasteiger partial charge in [-0.2, -0.15) is 11.8 Å². The minimum atomic E-state index is 0.874. The fourth-order valence-corrected chi connectivity index (χ4v) is 3.72. The largest absolute Gasteiger partial charge is 0.389 e. The Morgan fingerprint density at radius 2 is 1.55 bits per heavy atom. The van der Waals surface area contributed by atoms with Gasteiger partial charge in [0.15, 0.2) is 0 Å². The number of nitrogens with one attached hydrogen (secondary N) is 1. The van der Waals surface area contributed by atoms with Crippen LogP contribution in [0, 0.1) is 0 Å². The van der Waals surface area contributed by atoms with Crippen molar-refractivity contribution in [3.05, 3.63) is 12.3 Å². The lowest BCUT2D eigenvalue weighted by Gasteiger charge is -2.13. The van der Waals surface area contributed by atoms with E-state index in [0.29, 0.717) is 0 Å². The fraction of sp³-hybridized carbons (Fsp3) is 0.900. The zero-order valence-corrected chi connectivity index (χ0v) is 16.4. The summed E-state index contributed by atoms with van der Waals surface area (Å²) in [6.07, 6.45) is 19.8. The molecule has 0 saturated carbocycles. The second-order valence-corrected chi connectivity index (χ2v) is 7.68. The first kappa shape index (κ1) is 21.9. The van der Waals surface area contributed by atoms with Crippen molar-refractivity contribution in [2.75, 3.05) is 12.8 Å². The summed E-state index contributed by atoms with van der Waals surface area (Å²) in [5, 5.41) is 4.39. The van der Waals surface area contributed by atoms with Gasteiger partial charge in [-0.1, -0.05) is 71.8 Å². The molecule has 0 aromatic heterocycles. The third-order valence-electron chi connectivity index (χ3n) is 4.35. The molecule has 1 unspecified atom stereocenters. The first-order valence-corrected chi connectivity index (χ1v) is 11.0. The first-order valence-electron chi connectivity index (χ1n) is 9.69. The Balaban J connectivity index is 3.32. The molecule has 2 heteroatoms. The lowest BCUT2D eigenvalue weighted by Crippen LogP contribution is -2.14. The highest BCUT2D eigenvalue weighted by Gasteiger charge is 2.05. The summed E-state index contributed by atoms with van der Waals surface area (Å²) in [6.45, 7) is 9.86. The minimum absolute atomic E-state index is 0.874. The van der Waals surface area contributed by atoms with Crippen molar-refractivity contribution in [3.63, 3.8) is 0 Å². The van der Waals surface area contributed by atoms with Crippen molar-refractivity contribution < 1.29 is 0 Å². The van der Waals surface area contributed by atoms with E-state index in [2.05, 4.69) is 32.0 Å². The van der Waals surface area contributed by atoms with Crippen LogP contribution >= 0.6 is 11.8 Å². The number of hydrogen-bond donors (Lipinski definition) is 1. The number of rotatable bonds is 17. The highest BCUT2D eigenvalue weighted by molar-refractivity contribution is 7.99. The van der Waals surface area contributed by atoms with Crippen LogP contribution in [-0.2, 0) is 0 Å². The van der Waals surface area contributed by atoms with Gasteiger partial charge < -0.3 is 5.32 Å². The molecule has 0 aliphatic heterocycles. The second kappa shape index (κ2) is 17.2. The minimum Gasteiger partial charge on any atom is -0.389 e. The average Bonchev–Trinajstić information content (AvgIpc) is 2.53. The first-order chi connectivity index (χ1) is 10.7. The molecular formula is C20H41NS. The smallest absolute Gasteiger partial charge is 0.0143 e. The van der Waals surface area contributed by atoms with Gasteiger partial charge in [0.1, 0.15) is 0 Å². The Morgan fingerprint density at radius 1 is 0.864 bits per heavy atom. The van der Waals surface area contributed by atoms with Gasteiger partial charge in [0.25, 0.3) is 0 Å². The van der Waals surface area contributed by atoms with Crippen molar-refractivity contribution in [3.8, 4) is 0 Å². The third-order valence-corrected chi connectivity index (χ3v) is 5.49. The number of hydrogen-bond acceptors (Lipinski definition) is 2. The van der Waals surface area contributed by atoms with Gasteiger partial charge in [-0.3, -0.25) is 0 Å². The Labute approximate surface area is 145 Å². The van der Waals surface area contributed by atoms with E-state index in [1.165, 1.54) is 82.7 Å². The van der Waals surface area contributed by atoms with E-state index in [1.54, 1.807) is 0 Å². The lowest BCUT2D eigenvalue weighted by atomic mass is 10.1. The third kappa shape index (κ3) is 14.8. The van der Waals surface area contributed by atoms with Crippen LogP contribution in [-0.4, -0.2) is 18.1 Å². The van der Waals surface area contributed by atoms with Crippen LogP contribution in [0.2, 0.25) is 0 Å². The number of allylic oxidation sites excluding steroid dienone is 1. The Hall–Kier alpha value is -0.110. The van der Waals surface area contributed by atoms with Crippen molar-refractivity contribution in [1.29, 1.82) is 0 Å². The summed E-state index contributed by atoms with van der Waals surface area (Å²) in [5.74, 6) is 0. The Kier molecular flexibility index (Phi) is 17.2. The molecule has 1 atom stereocenters. The standard InChI is InChI=1S/C20H41NS/c1-5-7-8-9-10-11-14-18-21-19(3)16-12-13-17-20(22-4)15-6-2/h20-21H,3,5-18H2,1-2,4H3. The van der Waals surface area contributed by atoms with Gasteiger partial charge in [0, 0.05) is 17.5 Å². The van der Waals surface area contributed by atoms with Crippen LogP contribution in [0.4, 0.5) is 0 Å². The van der Waals surface area contributed by atoms with Crippen molar-refractivity contribution in [2.24, 2.45) is 0 Å². The molecule has 1 nitrogen and oxygen atoms in total. The van der Waals surface area contributed by atoms with E-state index < -0.39 is 0 Å². The van der Waals surface area contributed by atoms with Gasteiger partial charge in [-0.05, 0) is 38.4 Å². The number of unbranched alkanes of at least 4 members (excludes halogenated alkanes) is 7. The van der Waals surface area contributed by atoms with Crippen molar-refractivity contribution >= 4 is 11.8 Å². The van der Waals surface area contributed by atoms with Crippen LogP contribution in [0.15, 0.2) is 12.3 Å². The molecule has 0 heterocycles. The average molecular weight is 328 g/mol. The van der Waals surface area contributed by atoms with Crippen LogP contribution < -0.4 is 5.32 Å². The summed E-state index contributed by atoms with van der Waals surface area (Å²) in [5.41, 5.74) is 1.25. The molecule has 0 rings (SSSR count). The summed E-state index contributed by atoms with van der Waals surface area (Å²) in [6, 6.07) is 0. The molecule has 0 aromatic carbocycles. The van der Waals surface area contributed by atoms with E-state index in [9.17, 15) is 0 Å². The van der Waals surface area contributed by atoms with E-state index in [0.717, 1.165) is 18.2 Å². The zero-order valence-electron chi connectivity index (χ0n) is 15.6. The summed E-state index contributed by atoms with van der Waals surface area (Å²) in [4.78, 5) is 0. The topological polar surface area (TPSA) is 12.0 Å². The van der Waals surface area contributed by atoms with Gasteiger partial charge >= 0.3 is 0 Å². The normalized spacial score (nSPS) is 12.3. The maximum atomic E-state index is 4.17. The molecule has 0 saturated heterocycles. The van der Waals surface area contributed by atoms with E-state index in [-0.39, 0.29) is 0 Å². The Morgan fingerprint density at radius 3 is 2.18 bits per heavy atom. The van der Waals surface area contributed by atoms with E-state index >= 15 is 0 Å². The fourth-order valence-electron chi connectivity index (χ4n) is 2.85. The molecule has 0 fully saturated rings. The quantitative estimate of drug-likeness (QED) is 0.291. The zero-order chi connectivity index (χ0) is 16.5. The highest BCUT2D eigenvalue weighted by Crippen LogP contribution is 2.20. The molecular weight excluding hydrogens is 286 g/mol. The van der Waals surface area contributed by atoms with Gasteiger partial charge in [-0.25, -0.2) is 0 Å². The Bertz CT molecular complexity index is 240. The van der Waals surface area contributed by atoms with E-state index in [4.69, 9.17) is 0 Å². The summed E-state index contributed by atoms with van der Waals surface area (Å²) >= 11 is 2.04. The van der Waals surface area contributed by atoms with Crippen LogP contribution in [0.25, 0.3) is 0 Å². The molecule has 0 aliphatic rings. The molecule has 0 aromatic rings. The maximum Gasteiger partial charge on any atom is 0.0143 e. The SMILES string of the molecule is C=C(CCCCC(CCC)SC)NCCCCCCCCC.